The van der Waals surface area contributed by atoms with Crippen molar-refractivity contribution in [3.05, 3.63) is 99.3 Å². The number of hydrogen-bond donors (Lipinski definition) is 1. The summed E-state index contributed by atoms with van der Waals surface area (Å²) in [5, 5.41) is 2.95. The number of aryl methyl sites for hydroxylation is 2. The maximum atomic E-state index is 13.6. The van der Waals surface area contributed by atoms with Gasteiger partial charge in [0.2, 0.25) is 5.91 Å². The number of carbonyl (C=O) groups is 2. The molecule has 0 aliphatic heterocycles. The fourth-order valence-electron chi connectivity index (χ4n) is 3.94. The fraction of sp³-hybridized carbons (Fsp3) is 0.310. The minimum Gasteiger partial charge on any atom is -0.484 e. The van der Waals surface area contributed by atoms with Gasteiger partial charge < -0.3 is 15.0 Å². The van der Waals surface area contributed by atoms with Crippen LogP contribution >= 0.6 is 15.9 Å². The van der Waals surface area contributed by atoms with Crippen molar-refractivity contribution in [2.45, 2.75) is 52.7 Å². The zero-order valence-corrected chi connectivity index (χ0v) is 22.6. The summed E-state index contributed by atoms with van der Waals surface area (Å²) in [6.45, 7) is 7.58. The van der Waals surface area contributed by atoms with E-state index in [0.717, 1.165) is 26.7 Å². The van der Waals surface area contributed by atoms with E-state index in [-0.39, 0.29) is 36.8 Å². The van der Waals surface area contributed by atoms with Gasteiger partial charge in [0, 0.05) is 23.5 Å². The van der Waals surface area contributed by atoms with Crippen LogP contribution in [0, 0.1) is 19.7 Å². The zero-order valence-electron chi connectivity index (χ0n) is 21.1. The third kappa shape index (κ3) is 7.65. The second kappa shape index (κ2) is 12.7. The van der Waals surface area contributed by atoms with Crippen LogP contribution in [0.4, 0.5) is 4.39 Å². The first-order valence-corrected chi connectivity index (χ1v) is 12.7. The van der Waals surface area contributed by atoms with E-state index in [0.29, 0.717) is 12.2 Å². The predicted octanol–water partition coefficient (Wildman–Crippen LogP) is 5.75. The number of carbonyl (C=O) groups excluding carboxylic acids is 2. The van der Waals surface area contributed by atoms with Crippen LogP contribution in [0.1, 0.15) is 36.1 Å². The van der Waals surface area contributed by atoms with Gasteiger partial charge in [0.25, 0.3) is 5.91 Å². The summed E-state index contributed by atoms with van der Waals surface area (Å²) in [6.07, 6.45) is 0.336. The molecule has 3 rings (SSSR count). The molecule has 0 spiro atoms. The van der Waals surface area contributed by atoms with Crippen molar-refractivity contribution in [3.63, 3.8) is 0 Å². The Labute approximate surface area is 220 Å². The van der Waals surface area contributed by atoms with E-state index in [4.69, 9.17) is 4.74 Å². The predicted molar refractivity (Wildman–Crippen MR) is 143 cm³/mol. The number of benzene rings is 3. The molecule has 36 heavy (non-hydrogen) atoms. The highest BCUT2D eigenvalue weighted by Crippen LogP contribution is 2.26. The van der Waals surface area contributed by atoms with Crippen molar-refractivity contribution in [2.75, 3.05) is 6.61 Å². The highest BCUT2D eigenvalue weighted by molar-refractivity contribution is 9.10. The number of halogens is 2. The van der Waals surface area contributed by atoms with Gasteiger partial charge in [-0.3, -0.25) is 9.59 Å². The Hall–Kier alpha value is -3.19. The Bertz CT molecular complexity index is 1160. The summed E-state index contributed by atoms with van der Waals surface area (Å²) in [5.41, 5.74) is 3.65. The Balaban J connectivity index is 1.91. The normalized spacial score (nSPS) is 11.8. The maximum Gasteiger partial charge on any atom is 0.261 e. The molecule has 0 saturated carbocycles. The Morgan fingerprint density at radius 3 is 2.17 bits per heavy atom. The number of ether oxygens (including phenoxy) is 1. The first-order valence-electron chi connectivity index (χ1n) is 11.9. The van der Waals surface area contributed by atoms with E-state index in [1.807, 2.05) is 70.2 Å². The van der Waals surface area contributed by atoms with Gasteiger partial charge in [-0.25, -0.2) is 4.39 Å². The van der Waals surface area contributed by atoms with Crippen molar-refractivity contribution >= 4 is 27.7 Å². The van der Waals surface area contributed by atoms with Crippen molar-refractivity contribution in [1.82, 2.24) is 10.2 Å². The lowest BCUT2D eigenvalue weighted by molar-refractivity contribution is -0.143. The molecule has 3 aromatic carbocycles. The molecule has 0 aliphatic carbocycles. The summed E-state index contributed by atoms with van der Waals surface area (Å²) >= 11 is 3.54. The molecule has 0 aliphatic rings. The van der Waals surface area contributed by atoms with E-state index in [9.17, 15) is 14.0 Å². The summed E-state index contributed by atoms with van der Waals surface area (Å²) in [7, 11) is 0. The average Bonchev–Trinajstić information content (AvgIpc) is 2.84. The van der Waals surface area contributed by atoms with E-state index in [2.05, 4.69) is 21.2 Å². The summed E-state index contributed by atoms with van der Waals surface area (Å²) in [4.78, 5) is 28.4. The van der Waals surface area contributed by atoms with E-state index in [1.54, 1.807) is 12.1 Å². The Morgan fingerprint density at radius 1 is 0.972 bits per heavy atom. The molecule has 0 aromatic heterocycles. The number of hydrogen-bond acceptors (Lipinski definition) is 3. The van der Waals surface area contributed by atoms with Crippen LogP contribution in [0.15, 0.2) is 71.2 Å². The monoisotopic (exact) mass is 554 g/mol. The molecule has 7 heteroatoms. The topological polar surface area (TPSA) is 58.6 Å². The van der Waals surface area contributed by atoms with Crippen LogP contribution in [0.5, 0.6) is 5.75 Å². The first-order chi connectivity index (χ1) is 17.1. The van der Waals surface area contributed by atoms with E-state index >= 15 is 0 Å². The molecule has 190 valence electrons. The van der Waals surface area contributed by atoms with Gasteiger partial charge in [-0.2, -0.15) is 0 Å². The standard InChI is InChI=1S/C29H32BrFN2O3/c1-19(2)32-29(35)26(16-22-8-6-5-7-9-22)33(17-23-10-12-24(31)13-11-23)27(34)18-36-25-14-20(3)28(30)21(4)15-25/h5-15,19,26H,16-18H2,1-4H3,(H,32,35)/t26-/m1/s1. The average molecular weight is 555 g/mol. The molecule has 0 saturated heterocycles. The van der Waals surface area contributed by atoms with E-state index in [1.165, 1.54) is 17.0 Å². The lowest BCUT2D eigenvalue weighted by Gasteiger charge is -2.32. The molecule has 0 fully saturated rings. The van der Waals surface area contributed by atoms with Gasteiger partial charge in [0.05, 0.1) is 0 Å². The highest BCUT2D eigenvalue weighted by atomic mass is 79.9. The van der Waals surface area contributed by atoms with Gasteiger partial charge in [-0.05, 0) is 74.2 Å². The van der Waals surface area contributed by atoms with Crippen molar-refractivity contribution < 1.29 is 18.7 Å². The Morgan fingerprint density at radius 2 is 1.58 bits per heavy atom. The van der Waals surface area contributed by atoms with Crippen LogP contribution in [-0.2, 0) is 22.6 Å². The molecule has 2 amide bonds. The molecule has 0 radical (unpaired) electrons. The van der Waals surface area contributed by atoms with Crippen molar-refractivity contribution in [3.8, 4) is 5.75 Å². The van der Waals surface area contributed by atoms with Crippen LogP contribution < -0.4 is 10.1 Å². The zero-order chi connectivity index (χ0) is 26.2. The second-order valence-electron chi connectivity index (χ2n) is 9.18. The van der Waals surface area contributed by atoms with Gasteiger partial charge in [-0.15, -0.1) is 0 Å². The smallest absolute Gasteiger partial charge is 0.261 e. The largest absolute Gasteiger partial charge is 0.484 e. The summed E-state index contributed by atoms with van der Waals surface area (Å²) < 4.78 is 20.4. The molecule has 0 bridgehead atoms. The quantitative estimate of drug-likeness (QED) is 0.347. The summed E-state index contributed by atoms with van der Waals surface area (Å²) in [5.74, 6) is -0.370. The molecular weight excluding hydrogens is 523 g/mol. The molecule has 1 atom stereocenters. The van der Waals surface area contributed by atoms with Gasteiger partial charge >= 0.3 is 0 Å². The van der Waals surface area contributed by atoms with Crippen molar-refractivity contribution in [1.29, 1.82) is 0 Å². The first kappa shape index (κ1) is 27.4. The van der Waals surface area contributed by atoms with Crippen molar-refractivity contribution in [2.24, 2.45) is 0 Å². The highest BCUT2D eigenvalue weighted by Gasteiger charge is 2.31. The van der Waals surface area contributed by atoms with Gasteiger partial charge in [0.15, 0.2) is 6.61 Å². The van der Waals surface area contributed by atoms with Crippen LogP contribution in [0.2, 0.25) is 0 Å². The molecular formula is C29H32BrFN2O3. The third-order valence-corrected chi connectivity index (χ3v) is 6.99. The SMILES string of the molecule is Cc1cc(OCC(=O)N(Cc2ccc(F)cc2)[C@H](Cc2ccccc2)C(=O)NC(C)C)cc(C)c1Br. The molecule has 0 heterocycles. The fourth-order valence-corrected chi connectivity index (χ4v) is 4.17. The van der Waals surface area contributed by atoms with Crippen LogP contribution in [-0.4, -0.2) is 35.4 Å². The minimum atomic E-state index is -0.774. The molecule has 0 unspecified atom stereocenters. The van der Waals surface area contributed by atoms with Gasteiger partial charge in [0.1, 0.15) is 17.6 Å². The van der Waals surface area contributed by atoms with Crippen LogP contribution in [0.25, 0.3) is 0 Å². The van der Waals surface area contributed by atoms with Crippen LogP contribution in [0.3, 0.4) is 0 Å². The van der Waals surface area contributed by atoms with Gasteiger partial charge in [-0.1, -0.05) is 58.4 Å². The number of amides is 2. The number of nitrogens with one attached hydrogen (secondary N) is 1. The molecule has 1 N–H and O–H groups in total. The van der Waals surface area contributed by atoms with E-state index < -0.39 is 6.04 Å². The molecule has 5 nitrogen and oxygen atoms in total. The lowest BCUT2D eigenvalue weighted by atomic mass is 10.0. The Kier molecular flexibility index (Phi) is 9.65. The minimum absolute atomic E-state index is 0.0940. The second-order valence-corrected chi connectivity index (χ2v) is 9.97. The number of rotatable bonds is 10. The number of nitrogens with zero attached hydrogens (tertiary/aromatic N) is 1. The third-order valence-electron chi connectivity index (χ3n) is 5.74. The molecule has 3 aromatic rings. The maximum absolute atomic E-state index is 13.6. The summed E-state index contributed by atoms with van der Waals surface area (Å²) in [6, 6.07) is 18.4. The lowest BCUT2D eigenvalue weighted by Crippen LogP contribution is -2.52.